The molecule has 1 aliphatic rings. The molecule has 1 heterocycles. The average Bonchev–Trinajstić information content (AvgIpc) is 2.71. The fourth-order valence-corrected chi connectivity index (χ4v) is 3.48. The van der Waals surface area contributed by atoms with E-state index in [9.17, 15) is 36.2 Å². The maximum absolute atomic E-state index is 13.1. The normalized spacial score (nSPS) is 20.3. The molecule has 0 amide bonds. The fraction of sp³-hybridized carbons (Fsp3) is 0.381. The molecule has 11 heteroatoms. The molecule has 0 radical (unpaired) electrons. The maximum atomic E-state index is 13.1. The molecule has 0 aliphatic carbocycles. The van der Waals surface area contributed by atoms with Crippen LogP contribution in [0, 0.1) is 0 Å². The van der Waals surface area contributed by atoms with Crippen LogP contribution in [-0.2, 0) is 33.2 Å². The first-order chi connectivity index (χ1) is 14.9. The Morgan fingerprint density at radius 2 is 1.62 bits per heavy atom. The van der Waals surface area contributed by atoms with Crippen LogP contribution < -0.4 is 0 Å². The number of ether oxygens (including phenoxy) is 2. The van der Waals surface area contributed by atoms with Gasteiger partial charge in [0.15, 0.2) is 6.29 Å². The van der Waals surface area contributed by atoms with Gasteiger partial charge in [-0.05, 0) is 29.3 Å². The van der Waals surface area contributed by atoms with Gasteiger partial charge in [0.05, 0.1) is 36.9 Å². The van der Waals surface area contributed by atoms with Gasteiger partial charge in [0.2, 0.25) is 0 Å². The Balaban J connectivity index is 1.87. The number of aliphatic carboxylic acids is 1. The summed E-state index contributed by atoms with van der Waals surface area (Å²) in [5.74, 6) is -1.10. The minimum atomic E-state index is -4.97. The lowest BCUT2D eigenvalue weighted by molar-refractivity contribution is -0.217. The second-order valence-corrected chi connectivity index (χ2v) is 7.18. The largest absolute Gasteiger partial charge is 0.480 e. The number of morpholine rings is 1. The van der Waals surface area contributed by atoms with E-state index >= 15 is 0 Å². The Bertz CT molecular complexity index is 900. The number of hydrogen-bond donors (Lipinski definition) is 1. The molecule has 0 unspecified atom stereocenters. The zero-order chi connectivity index (χ0) is 23.5. The number of nitrogens with zero attached hydrogens (tertiary/aromatic N) is 1. The number of carboxylic acids is 1. The lowest BCUT2D eigenvalue weighted by Crippen LogP contribution is -2.48. The summed E-state index contributed by atoms with van der Waals surface area (Å²) in [6.45, 7) is -0.600. The molecule has 174 valence electrons. The van der Waals surface area contributed by atoms with Crippen molar-refractivity contribution in [2.45, 2.75) is 31.3 Å². The van der Waals surface area contributed by atoms with Crippen molar-refractivity contribution in [3.63, 3.8) is 0 Å². The lowest BCUT2D eigenvalue weighted by atomic mass is 10.0. The molecule has 1 fully saturated rings. The minimum absolute atomic E-state index is 0.0436. The van der Waals surface area contributed by atoms with Crippen LogP contribution in [0.4, 0.5) is 26.3 Å². The molecule has 32 heavy (non-hydrogen) atoms. The number of alkyl halides is 6. The van der Waals surface area contributed by atoms with E-state index in [0.29, 0.717) is 17.7 Å². The third kappa shape index (κ3) is 5.99. The molecule has 1 N–H and O–H groups in total. The highest BCUT2D eigenvalue weighted by Gasteiger charge is 2.38. The fourth-order valence-electron chi connectivity index (χ4n) is 3.48. The Kier molecular flexibility index (Phi) is 7.11. The van der Waals surface area contributed by atoms with E-state index in [-0.39, 0.29) is 31.3 Å². The molecule has 0 aromatic heterocycles. The molecule has 2 aromatic carbocycles. The van der Waals surface area contributed by atoms with E-state index in [1.165, 1.54) is 0 Å². The Morgan fingerprint density at radius 3 is 2.16 bits per heavy atom. The van der Waals surface area contributed by atoms with Gasteiger partial charge in [0.25, 0.3) is 0 Å². The molecule has 0 saturated carbocycles. The van der Waals surface area contributed by atoms with E-state index in [4.69, 9.17) is 9.47 Å². The summed E-state index contributed by atoms with van der Waals surface area (Å²) in [4.78, 5) is 12.8. The van der Waals surface area contributed by atoms with Crippen molar-refractivity contribution >= 4 is 5.97 Å². The van der Waals surface area contributed by atoms with Gasteiger partial charge in [-0.1, -0.05) is 30.3 Å². The number of halogens is 6. The zero-order valence-electron chi connectivity index (χ0n) is 16.5. The summed E-state index contributed by atoms with van der Waals surface area (Å²) in [5, 5.41) is 9.20. The standard InChI is InChI=1S/C21H19F6NO4/c22-20(23,24)15-8-13(9-16(10-15)21(25,26)27)12-32-19-18(14-4-2-1-3-5-14)28(6-7-31-19)11-17(29)30/h1-5,8-10,18-19H,6-7,11-12H2,(H,29,30)/t18-,19+/m0/s1. The number of rotatable bonds is 6. The molecule has 0 spiro atoms. The predicted octanol–water partition coefficient (Wildman–Crippen LogP) is 4.73. The quantitative estimate of drug-likeness (QED) is 0.628. The zero-order valence-corrected chi connectivity index (χ0v) is 16.5. The number of benzene rings is 2. The maximum Gasteiger partial charge on any atom is 0.416 e. The molecule has 2 atom stereocenters. The van der Waals surface area contributed by atoms with Gasteiger partial charge in [0, 0.05) is 6.54 Å². The third-order valence-corrected chi connectivity index (χ3v) is 4.85. The Labute approximate surface area is 179 Å². The summed E-state index contributed by atoms with van der Waals surface area (Å²) >= 11 is 0. The van der Waals surface area contributed by atoms with Crippen LogP contribution in [0.1, 0.15) is 28.3 Å². The van der Waals surface area contributed by atoms with Crippen molar-refractivity contribution in [1.82, 2.24) is 4.90 Å². The number of carboxylic acid groups (broad SMARTS) is 1. The predicted molar refractivity (Wildman–Crippen MR) is 99.4 cm³/mol. The van der Waals surface area contributed by atoms with Crippen molar-refractivity contribution in [3.8, 4) is 0 Å². The molecule has 5 nitrogen and oxygen atoms in total. The first-order valence-corrected chi connectivity index (χ1v) is 9.47. The highest BCUT2D eigenvalue weighted by atomic mass is 19.4. The summed E-state index contributed by atoms with van der Waals surface area (Å²) in [6.07, 6.45) is -11.0. The van der Waals surface area contributed by atoms with Crippen LogP contribution in [-0.4, -0.2) is 42.0 Å². The number of hydrogen-bond acceptors (Lipinski definition) is 4. The van der Waals surface area contributed by atoms with Crippen LogP contribution in [0.5, 0.6) is 0 Å². The lowest BCUT2D eigenvalue weighted by Gasteiger charge is -2.40. The van der Waals surface area contributed by atoms with Crippen LogP contribution >= 0.6 is 0 Å². The van der Waals surface area contributed by atoms with Gasteiger partial charge >= 0.3 is 18.3 Å². The van der Waals surface area contributed by atoms with Crippen molar-refractivity contribution in [1.29, 1.82) is 0 Å². The summed E-state index contributed by atoms with van der Waals surface area (Å²) < 4.78 is 89.7. The van der Waals surface area contributed by atoms with E-state index in [0.717, 1.165) is 0 Å². The first kappa shape index (κ1) is 24.0. The third-order valence-electron chi connectivity index (χ3n) is 4.85. The summed E-state index contributed by atoms with van der Waals surface area (Å²) in [7, 11) is 0. The van der Waals surface area contributed by atoms with Gasteiger partial charge in [-0.2, -0.15) is 26.3 Å². The molecule has 2 aromatic rings. The second kappa shape index (κ2) is 9.47. The van der Waals surface area contributed by atoms with Gasteiger partial charge in [0.1, 0.15) is 0 Å². The van der Waals surface area contributed by atoms with E-state index in [1.807, 2.05) is 0 Å². The van der Waals surface area contributed by atoms with E-state index in [2.05, 4.69) is 0 Å². The van der Waals surface area contributed by atoms with Crippen LogP contribution in [0.15, 0.2) is 48.5 Å². The SMILES string of the molecule is O=C(O)CN1CCO[C@H](OCc2cc(C(F)(F)F)cc(C(F)(F)F)c2)[C@@H]1c1ccccc1. The van der Waals surface area contributed by atoms with Crippen LogP contribution in [0.3, 0.4) is 0 Å². The monoisotopic (exact) mass is 463 g/mol. The van der Waals surface area contributed by atoms with E-state index in [1.54, 1.807) is 35.2 Å². The van der Waals surface area contributed by atoms with E-state index < -0.39 is 48.4 Å². The van der Waals surface area contributed by atoms with Gasteiger partial charge in [-0.25, -0.2) is 0 Å². The van der Waals surface area contributed by atoms with Crippen LogP contribution in [0.25, 0.3) is 0 Å². The average molecular weight is 463 g/mol. The molecule has 3 rings (SSSR count). The molecule has 0 bridgehead atoms. The minimum Gasteiger partial charge on any atom is -0.480 e. The molecular weight excluding hydrogens is 444 g/mol. The molecule has 1 aliphatic heterocycles. The molecule has 1 saturated heterocycles. The Morgan fingerprint density at radius 1 is 1.03 bits per heavy atom. The summed E-state index contributed by atoms with van der Waals surface area (Å²) in [6, 6.07) is 9.08. The summed E-state index contributed by atoms with van der Waals surface area (Å²) in [5.41, 5.74) is -2.58. The van der Waals surface area contributed by atoms with Crippen molar-refractivity contribution in [3.05, 3.63) is 70.8 Å². The van der Waals surface area contributed by atoms with Gasteiger partial charge < -0.3 is 14.6 Å². The first-order valence-electron chi connectivity index (χ1n) is 9.47. The highest BCUT2D eigenvalue weighted by molar-refractivity contribution is 5.69. The highest BCUT2D eigenvalue weighted by Crippen LogP contribution is 2.37. The van der Waals surface area contributed by atoms with Crippen LogP contribution in [0.2, 0.25) is 0 Å². The van der Waals surface area contributed by atoms with Gasteiger partial charge in [-0.3, -0.25) is 9.69 Å². The van der Waals surface area contributed by atoms with Crippen molar-refractivity contribution in [2.75, 3.05) is 19.7 Å². The van der Waals surface area contributed by atoms with Gasteiger partial charge in [-0.15, -0.1) is 0 Å². The smallest absolute Gasteiger partial charge is 0.416 e. The van der Waals surface area contributed by atoms with Crippen molar-refractivity contribution < 1.29 is 45.7 Å². The number of carbonyl (C=O) groups is 1. The Hall–Kier alpha value is -2.63. The van der Waals surface area contributed by atoms with Crippen molar-refractivity contribution in [2.24, 2.45) is 0 Å². The topological polar surface area (TPSA) is 59.0 Å². The molecular formula is C21H19F6NO4. The second-order valence-electron chi connectivity index (χ2n) is 7.18.